The molecule has 0 unspecified atom stereocenters. The SMILES string of the molecule is Cc1c(C)c2c(c(C)c1OC(=O)CCC(=O)OO[C@@H]1C[C@@H](CO)O[C@H]1n1cnc3c(N)ncnc31)CC[C@@](C)(CCC[C@H](C)CCC[C@H](C)CCCC(C)C)O2. The zero-order valence-corrected chi connectivity index (χ0v) is 34.9. The van der Waals surface area contributed by atoms with Crippen LogP contribution in [0.2, 0.25) is 0 Å². The number of aliphatic hydroxyl groups excluding tert-OH is 1. The third-order valence-corrected chi connectivity index (χ3v) is 11.9. The van der Waals surface area contributed by atoms with Gasteiger partial charge in [-0.1, -0.05) is 72.6 Å². The summed E-state index contributed by atoms with van der Waals surface area (Å²) in [6, 6.07) is 0. The number of nitrogens with zero attached hydrogens (tertiary/aromatic N) is 4. The summed E-state index contributed by atoms with van der Waals surface area (Å²) in [6.07, 6.45) is 13.5. The van der Waals surface area contributed by atoms with E-state index in [9.17, 15) is 14.7 Å². The Bertz CT molecular complexity index is 1800. The summed E-state index contributed by atoms with van der Waals surface area (Å²) in [5.41, 5.74) is 10.3. The van der Waals surface area contributed by atoms with E-state index in [-0.39, 0.29) is 37.3 Å². The Labute approximate surface area is 332 Å². The van der Waals surface area contributed by atoms with Crippen LogP contribution in [0.25, 0.3) is 11.2 Å². The molecule has 13 nitrogen and oxygen atoms in total. The number of carbonyl (C=O) groups is 2. The molecule has 1 aromatic carbocycles. The van der Waals surface area contributed by atoms with E-state index >= 15 is 0 Å². The van der Waals surface area contributed by atoms with E-state index in [1.165, 1.54) is 57.6 Å². The van der Waals surface area contributed by atoms with Gasteiger partial charge in [0, 0.05) is 12.0 Å². The molecule has 0 saturated carbocycles. The number of anilines is 1. The molecule has 6 atom stereocenters. The summed E-state index contributed by atoms with van der Waals surface area (Å²) in [5, 5.41) is 9.73. The van der Waals surface area contributed by atoms with Crippen molar-refractivity contribution in [3.8, 4) is 11.5 Å². The minimum Gasteiger partial charge on any atom is -0.487 e. The second-order valence-corrected chi connectivity index (χ2v) is 17.1. The molecule has 2 aliphatic heterocycles. The summed E-state index contributed by atoms with van der Waals surface area (Å²) in [6.45, 7) is 17.3. The first-order valence-electron chi connectivity index (χ1n) is 20.8. The molecule has 2 aliphatic rings. The van der Waals surface area contributed by atoms with E-state index in [2.05, 4.69) is 49.6 Å². The molecule has 5 rings (SSSR count). The van der Waals surface area contributed by atoms with E-state index in [1.54, 1.807) is 4.57 Å². The van der Waals surface area contributed by atoms with E-state index in [0.29, 0.717) is 16.9 Å². The summed E-state index contributed by atoms with van der Waals surface area (Å²) in [7, 11) is 0. The minimum absolute atomic E-state index is 0.201. The van der Waals surface area contributed by atoms with Crippen LogP contribution in [-0.4, -0.2) is 61.0 Å². The number of benzene rings is 1. The first-order chi connectivity index (χ1) is 26.7. The number of esters is 1. The maximum Gasteiger partial charge on any atom is 0.342 e. The Morgan fingerprint density at radius 1 is 0.946 bits per heavy atom. The molecule has 0 radical (unpaired) electrons. The summed E-state index contributed by atoms with van der Waals surface area (Å²) in [4.78, 5) is 48.8. The normalized spacial score (nSPS) is 21.9. The highest BCUT2D eigenvalue weighted by Crippen LogP contribution is 2.45. The molecule has 0 aliphatic carbocycles. The van der Waals surface area contributed by atoms with Crippen LogP contribution < -0.4 is 15.2 Å². The molecule has 1 fully saturated rings. The molecule has 310 valence electrons. The lowest BCUT2D eigenvalue weighted by atomic mass is 9.83. The first-order valence-corrected chi connectivity index (χ1v) is 20.8. The summed E-state index contributed by atoms with van der Waals surface area (Å²) >= 11 is 0. The van der Waals surface area contributed by atoms with Crippen molar-refractivity contribution < 1.29 is 38.7 Å². The minimum atomic E-state index is -0.800. The predicted molar refractivity (Wildman–Crippen MR) is 214 cm³/mol. The van der Waals surface area contributed by atoms with Gasteiger partial charge >= 0.3 is 11.9 Å². The lowest BCUT2D eigenvalue weighted by Gasteiger charge is -2.38. The van der Waals surface area contributed by atoms with Gasteiger partial charge in [0.05, 0.1) is 31.9 Å². The van der Waals surface area contributed by atoms with Crippen molar-refractivity contribution in [1.29, 1.82) is 0 Å². The first kappa shape index (κ1) is 43.3. The number of rotatable bonds is 20. The van der Waals surface area contributed by atoms with Crippen molar-refractivity contribution >= 4 is 28.9 Å². The molecule has 13 heteroatoms. The van der Waals surface area contributed by atoms with Crippen LogP contribution >= 0.6 is 0 Å². The molecule has 2 aromatic heterocycles. The van der Waals surface area contributed by atoms with E-state index in [1.807, 2.05) is 20.8 Å². The van der Waals surface area contributed by atoms with Crippen molar-refractivity contribution in [1.82, 2.24) is 19.5 Å². The Balaban J connectivity index is 1.08. The zero-order valence-electron chi connectivity index (χ0n) is 34.9. The maximum atomic E-state index is 13.1. The van der Waals surface area contributed by atoms with Crippen molar-refractivity contribution in [3.63, 3.8) is 0 Å². The fourth-order valence-corrected chi connectivity index (χ4v) is 8.16. The van der Waals surface area contributed by atoms with Crippen molar-refractivity contribution in [3.05, 3.63) is 34.9 Å². The monoisotopic (exact) mass is 779 g/mol. The number of carbonyl (C=O) groups excluding carboxylic acids is 2. The van der Waals surface area contributed by atoms with Crippen molar-refractivity contribution in [2.75, 3.05) is 12.3 Å². The predicted octanol–water partition coefficient (Wildman–Crippen LogP) is 8.37. The molecule has 1 saturated heterocycles. The Morgan fingerprint density at radius 2 is 1.62 bits per heavy atom. The van der Waals surface area contributed by atoms with E-state index in [0.717, 1.165) is 71.4 Å². The fraction of sp³-hybridized carbons (Fsp3) is 0.698. The fourth-order valence-electron chi connectivity index (χ4n) is 8.16. The quantitative estimate of drug-likeness (QED) is 0.0487. The van der Waals surface area contributed by atoms with Gasteiger partial charge in [-0.05, 0) is 87.8 Å². The molecule has 4 heterocycles. The number of nitrogens with two attached hydrogens (primary N) is 1. The molecule has 3 N–H and O–H groups in total. The highest BCUT2D eigenvalue weighted by Gasteiger charge is 2.40. The zero-order chi connectivity index (χ0) is 40.6. The lowest BCUT2D eigenvalue weighted by molar-refractivity contribution is -0.309. The third-order valence-electron chi connectivity index (χ3n) is 11.9. The molecule has 0 amide bonds. The van der Waals surface area contributed by atoms with Crippen LogP contribution in [0.1, 0.15) is 147 Å². The van der Waals surface area contributed by atoms with E-state index in [4.69, 9.17) is 29.7 Å². The largest absolute Gasteiger partial charge is 0.487 e. The highest BCUT2D eigenvalue weighted by atomic mass is 17.2. The number of hydrogen-bond acceptors (Lipinski definition) is 12. The third kappa shape index (κ3) is 11.0. The topological polar surface area (TPSA) is 170 Å². The number of fused-ring (bicyclic) bond motifs is 2. The number of aliphatic hydroxyl groups is 1. The molecule has 56 heavy (non-hydrogen) atoms. The van der Waals surface area contributed by atoms with Gasteiger partial charge < -0.3 is 25.1 Å². The molecule has 3 aromatic rings. The Morgan fingerprint density at radius 3 is 2.32 bits per heavy atom. The Hall–Kier alpha value is -3.81. The molecule has 0 spiro atoms. The van der Waals surface area contributed by atoms with Gasteiger partial charge in [0.2, 0.25) is 0 Å². The molecular formula is C43H65N5O8. The smallest absolute Gasteiger partial charge is 0.342 e. The van der Waals surface area contributed by atoms with Crippen LogP contribution in [0.4, 0.5) is 5.82 Å². The number of nitrogen functional groups attached to an aromatic ring is 1. The van der Waals surface area contributed by atoms with Crippen LogP contribution in [0.5, 0.6) is 11.5 Å². The maximum absolute atomic E-state index is 13.1. The molecule has 0 bridgehead atoms. The van der Waals surface area contributed by atoms with Crippen LogP contribution in [0.3, 0.4) is 0 Å². The summed E-state index contributed by atoms with van der Waals surface area (Å²) < 4.78 is 20.2. The van der Waals surface area contributed by atoms with E-state index < -0.39 is 30.4 Å². The van der Waals surface area contributed by atoms with Gasteiger partial charge in [-0.25, -0.2) is 19.7 Å². The van der Waals surface area contributed by atoms with Crippen molar-refractivity contribution in [2.45, 2.75) is 169 Å². The van der Waals surface area contributed by atoms with Crippen LogP contribution in [0, 0.1) is 38.5 Å². The van der Waals surface area contributed by atoms with Gasteiger partial charge in [-0.2, -0.15) is 4.89 Å². The van der Waals surface area contributed by atoms with Crippen LogP contribution in [0.15, 0.2) is 12.7 Å². The second kappa shape index (κ2) is 19.6. The standard InChI is InChI=1S/C43H65N5O8/c1-26(2)12-9-13-27(3)14-10-15-28(4)16-11-20-43(8)21-19-33-31(7)38(29(5)30(6)39(33)54-43)53-35(50)17-18-36(51)56-55-34-22-32(23-49)52-42(34)48-25-47-37-40(44)45-24-46-41(37)48/h24-28,32,34,42,49H,9-23H2,1-8H3,(H2,44,45,46)/t27-,28-,32+,34-,42-,43-/m1/s1. The number of aromatic nitrogens is 4. The number of ether oxygens (including phenoxy) is 3. The average Bonchev–Trinajstić information content (AvgIpc) is 3.78. The average molecular weight is 780 g/mol. The highest BCUT2D eigenvalue weighted by molar-refractivity contribution is 5.81. The molecular weight excluding hydrogens is 714 g/mol. The van der Waals surface area contributed by atoms with Crippen molar-refractivity contribution in [2.24, 2.45) is 17.8 Å². The van der Waals surface area contributed by atoms with Gasteiger partial charge in [-0.3, -0.25) is 14.2 Å². The second-order valence-electron chi connectivity index (χ2n) is 17.1. The van der Waals surface area contributed by atoms with Crippen LogP contribution in [-0.2, 0) is 30.5 Å². The van der Waals surface area contributed by atoms with Gasteiger partial charge in [0.25, 0.3) is 0 Å². The Kier molecular flexibility index (Phi) is 15.1. The number of imidazole rings is 1. The van der Waals surface area contributed by atoms with Gasteiger partial charge in [-0.15, -0.1) is 0 Å². The number of hydrogen-bond donors (Lipinski definition) is 2. The van der Waals surface area contributed by atoms with Gasteiger partial charge in [0.15, 0.2) is 23.8 Å². The lowest BCUT2D eigenvalue weighted by Crippen LogP contribution is -2.37. The van der Waals surface area contributed by atoms with Gasteiger partial charge in [0.1, 0.15) is 28.9 Å². The summed E-state index contributed by atoms with van der Waals surface area (Å²) in [5.74, 6) is 2.68.